The fourth-order valence-electron chi connectivity index (χ4n) is 1.67. The lowest BCUT2D eigenvalue weighted by Gasteiger charge is -2.21. The van der Waals surface area contributed by atoms with E-state index in [1.54, 1.807) is 4.68 Å². The molecule has 82 valence electrons. The van der Waals surface area contributed by atoms with Crippen molar-refractivity contribution in [2.45, 2.75) is 13.8 Å². The zero-order valence-corrected chi connectivity index (χ0v) is 9.36. The smallest absolute Gasteiger partial charge is 0.145 e. The minimum atomic E-state index is 0.0724. The van der Waals surface area contributed by atoms with Gasteiger partial charge in [0, 0.05) is 20.1 Å². The summed E-state index contributed by atoms with van der Waals surface area (Å²) in [5.74, 6) is 0.784. The van der Waals surface area contributed by atoms with Gasteiger partial charge in [0.05, 0.1) is 12.3 Å². The number of anilines is 1. The van der Waals surface area contributed by atoms with Crippen molar-refractivity contribution in [1.82, 2.24) is 9.78 Å². The summed E-state index contributed by atoms with van der Waals surface area (Å²) >= 11 is 0. The highest BCUT2D eigenvalue weighted by Crippen LogP contribution is 2.21. The van der Waals surface area contributed by atoms with E-state index in [-0.39, 0.29) is 6.61 Å². The molecule has 0 atom stereocenters. The van der Waals surface area contributed by atoms with Crippen molar-refractivity contribution < 1.29 is 5.11 Å². The van der Waals surface area contributed by atoms with Crippen molar-refractivity contribution in [3.05, 3.63) is 11.3 Å². The van der Waals surface area contributed by atoms with Gasteiger partial charge in [0.1, 0.15) is 17.5 Å². The lowest BCUT2D eigenvalue weighted by Crippen LogP contribution is -2.28. The Morgan fingerprint density at radius 1 is 1.60 bits per heavy atom. The third kappa shape index (κ3) is 2.10. The number of likely N-dealkylation sites (N-methyl/N-ethyl adjacent to an activating group) is 1. The molecule has 15 heavy (non-hydrogen) atoms. The van der Waals surface area contributed by atoms with Crippen LogP contribution in [0, 0.1) is 18.3 Å². The van der Waals surface area contributed by atoms with Gasteiger partial charge in [0.25, 0.3) is 0 Å². The molecule has 5 nitrogen and oxygen atoms in total. The van der Waals surface area contributed by atoms with E-state index >= 15 is 0 Å². The second-order valence-electron chi connectivity index (χ2n) is 3.32. The molecule has 0 saturated carbocycles. The summed E-state index contributed by atoms with van der Waals surface area (Å²) in [6.45, 7) is 5.13. The summed E-state index contributed by atoms with van der Waals surface area (Å²) in [6, 6.07) is 2.15. The van der Waals surface area contributed by atoms with Crippen molar-refractivity contribution in [3.63, 3.8) is 0 Å². The maximum atomic E-state index is 9.03. The van der Waals surface area contributed by atoms with Crippen molar-refractivity contribution in [1.29, 1.82) is 5.26 Å². The number of rotatable bonds is 4. The summed E-state index contributed by atoms with van der Waals surface area (Å²) in [5.41, 5.74) is 1.32. The van der Waals surface area contributed by atoms with Crippen molar-refractivity contribution >= 4 is 5.82 Å². The maximum Gasteiger partial charge on any atom is 0.145 e. The zero-order chi connectivity index (χ0) is 11.4. The van der Waals surface area contributed by atoms with E-state index in [1.165, 1.54) is 0 Å². The largest absolute Gasteiger partial charge is 0.395 e. The monoisotopic (exact) mass is 208 g/mol. The van der Waals surface area contributed by atoms with Gasteiger partial charge in [-0.1, -0.05) is 0 Å². The summed E-state index contributed by atoms with van der Waals surface area (Å²) in [5, 5.41) is 22.2. The molecule has 0 fully saturated rings. The van der Waals surface area contributed by atoms with Crippen LogP contribution in [-0.2, 0) is 7.05 Å². The Balaban J connectivity index is 3.16. The molecule has 0 amide bonds. The Morgan fingerprint density at radius 3 is 2.73 bits per heavy atom. The topological polar surface area (TPSA) is 65.1 Å². The first-order valence-corrected chi connectivity index (χ1v) is 4.95. The van der Waals surface area contributed by atoms with Crippen LogP contribution in [-0.4, -0.2) is 34.6 Å². The first-order chi connectivity index (χ1) is 7.15. The van der Waals surface area contributed by atoms with E-state index in [0.29, 0.717) is 12.1 Å². The molecule has 0 bridgehead atoms. The lowest BCUT2D eigenvalue weighted by atomic mass is 10.2. The van der Waals surface area contributed by atoms with Gasteiger partial charge in [-0.2, -0.15) is 10.4 Å². The molecule has 1 aromatic heterocycles. The quantitative estimate of drug-likeness (QED) is 0.778. The molecule has 1 aromatic rings. The van der Waals surface area contributed by atoms with E-state index in [4.69, 9.17) is 10.4 Å². The minimum absolute atomic E-state index is 0.0724. The number of nitriles is 1. The standard InChI is InChI=1S/C10H16N4O/c1-4-14(5-6-15)10-9(7-11)8(2)12-13(10)3/h15H,4-6H2,1-3H3. The average Bonchev–Trinajstić information content (AvgIpc) is 2.49. The highest BCUT2D eigenvalue weighted by molar-refractivity contribution is 5.56. The van der Waals surface area contributed by atoms with E-state index in [9.17, 15) is 0 Å². The van der Waals surface area contributed by atoms with Crippen LogP contribution in [0.3, 0.4) is 0 Å². The number of hydrogen-bond acceptors (Lipinski definition) is 4. The van der Waals surface area contributed by atoms with Gasteiger partial charge in [0.2, 0.25) is 0 Å². The number of hydrogen-bond donors (Lipinski definition) is 1. The third-order valence-electron chi connectivity index (χ3n) is 2.35. The van der Waals surface area contributed by atoms with Gasteiger partial charge in [-0.05, 0) is 13.8 Å². The van der Waals surface area contributed by atoms with Gasteiger partial charge < -0.3 is 10.0 Å². The molecule has 0 aliphatic rings. The Kier molecular flexibility index (Phi) is 3.69. The zero-order valence-electron chi connectivity index (χ0n) is 9.36. The number of aliphatic hydroxyl groups is 1. The molecule has 1 N–H and O–H groups in total. The van der Waals surface area contributed by atoms with Crippen molar-refractivity contribution in [3.8, 4) is 6.07 Å². The summed E-state index contributed by atoms with van der Waals surface area (Å²) in [7, 11) is 1.81. The molecule has 1 rings (SSSR count). The highest BCUT2D eigenvalue weighted by atomic mass is 16.3. The fraction of sp³-hybridized carbons (Fsp3) is 0.600. The van der Waals surface area contributed by atoms with Crippen LogP contribution in [0.5, 0.6) is 0 Å². The average molecular weight is 208 g/mol. The van der Waals surface area contributed by atoms with Crippen molar-refractivity contribution in [2.24, 2.45) is 7.05 Å². The van der Waals surface area contributed by atoms with Gasteiger partial charge >= 0.3 is 0 Å². The summed E-state index contributed by atoms with van der Waals surface area (Å²) in [4.78, 5) is 1.94. The normalized spacial score (nSPS) is 10.1. The molecule has 0 saturated heterocycles. The summed E-state index contributed by atoms with van der Waals surface area (Å²) in [6.07, 6.45) is 0. The Bertz CT molecular complexity index is 378. The predicted molar refractivity (Wildman–Crippen MR) is 57.6 cm³/mol. The lowest BCUT2D eigenvalue weighted by molar-refractivity contribution is 0.301. The predicted octanol–water partition coefficient (Wildman–Crippen LogP) is 0.419. The number of aromatic nitrogens is 2. The van der Waals surface area contributed by atoms with Crippen LogP contribution in [0.4, 0.5) is 5.82 Å². The second-order valence-corrected chi connectivity index (χ2v) is 3.32. The maximum absolute atomic E-state index is 9.03. The molecule has 5 heteroatoms. The van der Waals surface area contributed by atoms with Crippen LogP contribution in [0.2, 0.25) is 0 Å². The highest BCUT2D eigenvalue weighted by Gasteiger charge is 2.17. The van der Waals surface area contributed by atoms with E-state index < -0.39 is 0 Å². The molecule has 0 aliphatic heterocycles. The van der Waals surface area contributed by atoms with Gasteiger partial charge in [-0.25, -0.2) is 0 Å². The Labute approximate surface area is 89.5 Å². The van der Waals surface area contributed by atoms with Crippen LogP contribution in [0.1, 0.15) is 18.2 Å². The van der Waals surface area contributed by atoms with E-state index in [2.05, 4.69) is 11.2 Å². The number of aliphatic hydroxyl groups excluding tert-OH is 1. The van der Waals surface area contributed by atoms with E-state index in [0.717, 1.165) is 18.1 Å². The second kappa shape index (κ2) is 4.80. The van der Waals surface area contributed by atoms with Crippen LogP contribution in [0.15, 0.2) is 0 Å². The minimum Gasteiger partial charge on any atom is -0.395 e. The molecule has 1 heterocycles. The Morgan fingerprint density at radius 2 is 2.27 bits per heavy atom. The number of nitrogens with zero attached hydrogens (tertiary/aromatic N) is 4. The first kappa shape index (κ1) is 11.5. The molecular formula is C10H16N4O. The van der Waals surface area contributed by atoms with Gasteiger partial charge in [-0.15, -0.1) is 0 Å². The first-order valence-electron chi connectivity index (χ1n) is 4.95. The Hall–Kier alpha value is -1.54. The third-order valence-corrected chi connectivity index (χ3v) is 2.35. The molecule has 0 aromatic carbocycles. The van der Waals surface area contributed by atoms with Crippen LogP contribution in [0.25, 0.3) is 0 Å². The van der Waals surface area contributed by atoms with Crippen molar-refractivity contribution in [2.75, 3.05) is 24.6 Å². The molecule has 0 unspecified atom stereocenters. The van der Waals surface area contributed by atoms with Crippen LogP contribution >= 0.6 is 0 Å². The van der Waals surface area contributed by atoms with Crippen LogP contribution < -0.4 is 4.90 Å². The molecule has 0 radical (unpaired) electrons. The fourth-order valence-corrected chi connectivity index (χ4v) is 1.67. The molecular weight excluding hydrogens is 192 g/mol. The van der Waals surface area contributed by atoms with E-state index in [1.807, 2.05) is 25.8 Å². The SMILES string of the molecule is CCN(CCO)c1c(C#N)c(C)nn1C. The molecule has 0 aliphatic carbocycles. The summed E-state index contributed by atoms with van der Waals surface area (Å²) < 4.78 is 1.69. The number of aryl methyl sites for hydroxylation is 2. The van der Waals surface area contributed by atoms with Gasteiger partial charge in [-0.3, -0.25) is 4.68 Å². The van der Waals surface area contributed by atoms with Gasteiger partial charge in [0.15, 0.2) is 0 Å². The molecule has 0 spiro atoms.